The maximum absolute atomic E-state index is 13.1. The van der Waals surface area contributed by atoms with E-state index in [-0.39, 0.29) is 18.3 Å². The molecule has 0 atom stereocenters. The number of ether oxygens (including phenoxy) is 1. The molecule has 0 N–H and O–H groups in total. The lowest BCUT2D eigenvalue weighted by molar-refractivity contribution is 0.0506. The van der Waals surface area contributed by atoms with E-state index in [0.29, 0.717) is 0 Å². The Morgan fingerprint density at radius 3 is 2.72 bits per heavy atom. The normalized spacial score (nSPS) is 16.4. The minimum absolute atomic E-state index is 0.0790. The van der Waals surface area contributed by atoms with E-state index in [9.17, 15) is 13.6 Å². The largest absolute Gasteiger partial charge is 0.461 e. The van der Waals surface area contributed by atoms with Crippen LogP contribution in [0.3, 0.4) is 0 Å². The van der Waals surface area contributed by atoms with E-state index < -0.39 is 18.1 Å². The second-order valence-electron chi connectivity index (χ2n) is 4.23. The van der Waals surface area contributed by atoms with Gasteiger partial charge < -0.3 is 4.74 Å². The summed E-state index contributed by atoms with van der Waals surface area (Å²) in [4.78, 5) is 11.5. The summed E-state index contributed by atoms with van der Waals surface area (Å²) in [5, 5.41) is 7.27. The van der Waals surface area contributed by atoms with E-state index in [1.165, 1.54) is 4.68 Å². The minimum atomic E-state index is -2.78. The number of nitrogens with zero attached hydrogens (tertiary/aromatic N) is 3. The molecule has 1 aliphatic carbocycles. The van der Waals surface area contributed by atoms with Crippen LogP contribution >= 0.6 is 0 Å². The van der Waals surface area contributed by atoms with Crippen molar-refractivity contribution in [2.75, 3.05) is 6.61 Å². The fourth-order valence-corrected chi connectivity index (χ4v) is 2.27. The van der Waals surface area contributed by atoms with Crippen molar-refractivity contribution >= 4 is 5.97 Å². The Morgan fingerprint density at radius 2 is 2.17 bits per heavy atom. The topological polar surface area (TPSA) is 57.0 Å². The average Bonchev–Trinajstić information content (AvgIpc) is 2.97. The second kappa shape index (κ2) is 5.41. The molecule has 0 aromatic carbocycles. The van der Waals surface area contributed by atoms with Gasteiger partial charge in [0.2, 0.25) is 0 Å². The highest BCUT2D eigenvalue weighted by molar-refractivity contribution is 5.88. The summed E-state index contributed by atoms with van der Waals surface area (Å²) in [6.45, 7) is 1.74. The lowest BCUT2D eigenvalue weighted by Gasteiger charge is -2.12. The van der Waals surface area contributed by atoms with Crippen molar-refractivity contribution in [1.29, 1.82) is 0 Å². The third-order valence-electron chi connectivity index (χ3n) is 3.08. The first-order chi connectivity index (χ1) is 8.65. The van der Waals surface area contributed by atoms with Gasteiger partial charge in [0.15, 0.2) is 5.69 Å². The zero-order chi connectivity index (χ0) is 13.1. The van der Waals surface area contributed by atoms with Crippen molar-refractivity contribution in [3.8, 4) is 0 Å². The van der Waals surface area contributed by atoms with Gasteiger partial charge in [0, 0.05) is 0 Å². The third kappa shape index (κ3) is 2.34. The van der Waals surface area contributed by atoms with Crippen molar-refractivity contribution in [2.45, 2.75) is 45.1 Å². The van der Waals surface area contributed by atoms with Gasteiger partial charge in [-0.2, -0.15) is 0 Å². The van der Waals surface area contributed by atoms with Gasteiger partial charge in [-0.1, -0.05) is 18.1 Å². The Bertz CT molecular complexity index is 428. The van der Waals surface area contributed by atoms with Gasteiger partial charge in [-0.25, -0.2) is 18.3 Å². The monoisotopic (exact) mass is 259 g/mol. The number of esters is 1. The molecule has 0 unspecified atom stereocenters. The molecule has 2 rings (SSSR count). The van der Waals surface area contributed by atoms with Crippen LogP contribution < -0.4 is 0 Å². The van der Waals surface area contributed by atoms with Gasteiger partial charge in [0.25, 0.3) is 6.43 Å². The Hall–Kier alpha value is -1.53. The summed E-state index contributed by atoms with van der Waals surface area (Å²) in [6, 6.07) is -0.0790. The highest BCUT2D eigenvalue weighted by Gasteiger charge is 2.31. The van der Waals surface area contributed by atoms with Gasteiger partial charge in [-0.3, -0.25) is 0 Å². The highest BCUT2D eigenvalue weighted by atomic mass is 19.3. The summed E-state index contributed by atoms with van der Waals surface area (Å²) in [5.74, 6) is -0.836. The molecule has 1 aromatic heterocycles. The fraction of sp³-hybridized carbons (Fsp3) is 0.727. The van der Waals surface area contributed by atoms with Crippen molar-refractivity contribution in [1.82, 2.24) is 15.0 Å². The van der Waals surface area contributed by atoms with Crippen LogP contribution in [0.25, 0.3) is 0 Å². The number of aromatic nitrogens is 3. The average molecular weight is 259 g/mol. The molecule has 1 heterocycles. The molecule has 1 fully saturated rings. The van der Waals surface area contributed by atoms with Crippen LogP contribution in [-0.4, -0.2) is 27.6 Å². The molecule has 0 radical (unpaired) electrons. The molecule has 0 aliphatic heterocycles. The molecule has 5 nitrogen and oxygen atoms in total. The van der Waals surface area contributed by atoms with Gasteiger partial charge in [-0.15, -0.1) is 5.10 Å². The van der Waals surface area contributed by atoms with Crippen molar-refractivity contribution in [3.63, 3.8) is 0 Å². The van der Waals surface area contributed by atoms with E-state index in [4.69, 9.17) is 4.74 Å². The Labute approximate surface area is 103 Å². The smallest absolute Gasteiger partial charge is 0.361 e. The van der Waals surface area contributed by atoms with Crippen LogP contribution in [0, 0.1) is 0 Å². The number of rotatable bonds is 4. The molecule has 0 saturated heterocycles. The number of halogens is 2. The summed E-state index contributed by atoms with van der Waals surface area (Å²) in [5.41, 5.74) is -0.779. The van der Waals surface area contributed by atoms with E-state index in [2.05, 4.69) is 10.3 Å². The first-order valence-corrected chi connectivity index (χ1v) is 6.05. The van der Waals surface area contributed by atoms with E-state index in [1.807, 2.05) is 0 Å². The second-order valence-corrected chi connectivity index (χ2v) is 4.23. The van der Waals surface area contributed by atoms with Gasteiger partial charge >= 0.3 is 5.97 Å². The molecule has 18 heavy (non-hydrogen) atoms. The molecule has 0 bridgehead atoms. The van der Waals surface area contributed by atoms with Crippen LogP contribution in [0.4, 0.5) is 8.78 Å². The van der Waals surface area contributed by atoms with Crippen molar-refractivity contribution < 1.29 is 18.3 Å². The van der Waals surface area contributed by atoms with Gasteiger partial charge in [0.05, 0.1) is 12.6 Å². The van der Waals surface area contributed by atoms with E-state index >= 15 is 0 Å². The number of hydrogen-bond donors (Lipinski definition) is 0. The Morgan fingerprint density at radius 1 is 1.50 bits per heavy atom. The summed E-state index contributed by atoms with van der Waals surface area (Å²) in [6.07, 6.45) is 0.792. The fourth-order valence-electron chi connectivity index (χ4n) is 2.27. The predicted octanol–water partition coefficient (Wildman–Crippen LogP) is 2.51. The highest BCUT2D eigenvalue weighted by Crippen LogP contribution is 2.33. The van der Waals surface area contributed by atoms with Crippen LogP contribution in [0.15, 0.2) is 0 Å². The third-order valence-corrected chi connectivity index (χ3v) is 3.08. The first-order valence-electron chi connectivity index (χ1n) is 6.05. The molecule has 1 saturated carbocycles. The maximum Gasteiger partial charge on any atom is 0.361 e. The number of carbonyl (C=O) groups excluding carboxylic acids is 1. The van der Waals surface area contributed by atoms with Gasteiger partial charge in [-0.05, 0) is 19.8 Å². The lowest BCUT2D eigenvalue weighted by Crippen LogP contribution is -2.14. The zero-order valence-corrected chi connectivity index (χ0v) is 10.1. The summed E-state index contributed by atoms with van der Waals surface area (Å²) >= 11 is 0. The first kappa shape index (κ1) is 12.9. The predicted molar refractivity (Wildman–Crippen MR) is 58.4 cm³/mol. The van der Waals surface area contributed by atoms with E-state index in [0.717, 1.165) is 25.7 Å². The van der Waals surface area contributed by atoms with Crippen LogP contribution in [0.5, 0.6) is 0 Å². The molecule has 1 aliphatic rings. The summed E-state index contributed by atoms with van der Waals surface area (Å²) < 4.78 is 32.0. The number of alkyl halides is 2. The lowest BCUT2D eigenvalue weighted by atomic mass is 10.2. The van der Waals surface area contributed by atoms with Crippen LogP contribution in [0.2, 0.25) is 0 Å². The molecular weight excluding hydrogens is 244 g/mol. The zero-order valence-electron chi connectivity index (χ0n) is 10.1. The quantitative estimate of drug-likeness (QED) is 0.779. The Kier molecular flexibility index (Phi) is 3.88. The molecule has 1 aromatic rings. The standard InChI is InChI=1S/C11H15F2N3O2/c1-2-18-11(17)8-9(10(12)13)16(15-14-8)7-5-3-4-6-7/h7,10H,2-6H2,1H3. The minimum Gasteiger partial charge on any atom is -0.461 e. The van der Waals surface area contributed by atoms with Gasteiger partial charge in [0.1, 0.15) is 5.69 Å². The van der Waals surface area contributed by atoms with Crippen LogP contribution in [-0.2, 0) is 4.74 Å². The van der Waals surface area contributed by atoms with Crippen molar-refractivity contribution in [2.24, 2.45) is 0 Å². The van der Waals surface area contributed by atoms with Crippen LogP contribution in [0.1, 0.15) is 61.3 Å². The Balaban J connectivity index is 2.33. The SMILES string of the molecule is CCOC(=O)c1nnn(C2CCCC2)c1C(F)F. The molecule has 100 valence electrons. The maximum atomic E-state index is 13.1. The molecule has 0 spiro atoms. The number of carbonyl (C=O) groups is 1. The molecule has 7 heteroatoms. The summed E-state index contributed by atoms with van der Waals surface area (Å²) in [7, 11) is 0. The molecular formula is C11H15F2N3O2. The number of hydrogen-bond acceptors (Lipinski definition) is 4. The molecule has 0 amide bonds. The van der Waals surface area contributed by atoms with E-state index in [1.54, 1.807) is 6.92 Å². The van der Waals surface area contributed by atoms with Crippen molar-refractivity contribution in [3.05, 3.63) is 11.4 Å².